The average molecular weight is 221 g/mol. The fourth-order valence-corrected chi connectivity index (χ4v) is 1.93. The molecule has 0 amide bonds. The molecule has 0 spiro atoms. The van der Waals surface area contributed by atoms with Crippen LogP contribution in [-0.2, 0) is 0 Å². The first-order valence-corrected chi connectivity index (χ1v) is 5.47. The third kappa shape index (κ3) is 1.85. The van der Waals surface area contributed by atoms with Gasteiger partial charge in [0, 0.05) is 11.8 Å². The molecule has 0 aliphatic heterocycles. The zero-order valence-corrected chi connectivity index (χ0v) is 9.17. The third-order valence-electron chi connectivity index (χ3n) is 2.78. The summed E-state index contributed by atoms with van der Waals surface area (Å²) in [6, 6.07) is 17.3. The minimum absolute atomic E-state index is 0.295. The molecule has 0 unspecified atom stereocenters. The van der Waals surface area contributed by atoms with Crippen LogP contribution in [0.3, 0.4) is 0 Å². The first-order valence-electron chi connectivity index (χ1n) is 5.47. The van der Waals surface area contributed by atoms with Crippen LogP contribution < -0.4 is 0 Å². The van der Waals surface area contributed by atoms with Crippen LogP contribution in [0.2, 0.25) is 0 Å². The van der Waals surface area contributed by atoms with Crippen LogP contribution in [-0.4, -0.2) is 10.1 Å². The fraction of sp³-hybridized carbons (Fsp3) is 0. The molecule has 17 heavy (non-hydrogen) atoms. The van der Waals surface area contributed by atoms with Crippen molar-refractivity contribution in [2.45, 2.75) is 0 Å². The van der Waals surface area contributed by atoms with E-state index in [0.29, 0.717) is 5.75 Å². The van der Waals surface area contributed by atoms with Gasteiger partial charge in [-0.05, 0) is 41.1 Å². The van der Waals surface area contributed by atoms with Gasteiger partial charge < -0.3 is 5.11 Å². The quantitative estimate of drug-likeness (QED) is 0.681. The molecule has 3 aromatic rings. The van der Waals surface area contributed by atoms with Crippen LogP contribution in [0.25, 0.3) is 22.0 Å². The van der Waals surface area contributed by atoms with Gasteiger partial charge >= 0.3 is 0 Å². The maximum absolute atomic E-state index is 9.40. The van der Waals surface area contributed by atoms with Crippen molar-refractivity contribution in [2.24, 2.45) is 0 Å². The first kappa shape index (κ1) is 9.85. The summed E-state index contributed by atoms with van der Waals surface area (Å²) in [5.74, 6) is 0.295. The van der Waals surface area contributed by atoms with Crippen LogP contribution >= 0.6 is 0 Å². The maximum Gasteiger partial charge on any atom is 0.116 e. The zero-order chi connectivity index (χ0) is 11.7. The highest BCUT2D eigenvalue weighted by atomic mass is 16.3. The summed E-state index contributed by atoms with van der Waals surface area (Å²) in [4.78, 5) is 4.32. The Morgan fingerprint density at radius 1 is 0.824 bits per heavy atom. The molecule has 3 rings (SSSR count). The van der Waals surface area contributed by atoms with E-state index in [9.17, 15) is 5.11 Å². The lowest BCUT2D eigenvalue weighted by Crippen LogP contribution is -1.82. The Morgan fingerprint density at radius 3 is 2.47 bits per heavy atom. The first-order chi connectivity index (χ1) is 8.33. The molecule has 1 N–H and O–H groups in total. The van der Waals surface area contributed by atoms with Gasteiger partial charge in [0.15, 0.2) is 0 Å². The Morgan fingerprint density at radius 2 is 1.65 bits per heavy atom. The van der Waals surface area contributed by atoms with Crippen LogP contribution in [0.4, 0.5) is 0 Å². The van der Waals surface area contributed by atoms with E-state index < -0.39 is 0 Å². The molecule has 0 atom stereocenters. The number of hydrogen-bond donors (Lipinski definition) is 1. The van der Waals surface area contributed by atoms with Crippen LogP contribution in [0.1, 0.15) is 0 Å². The molecular formula is C15H11NO. The Kier molecular flexibility index (Phi) is 2.26. The number of phenols is 1. The van der Waals surface area contributed by atoms with Crippen molar-refractivity contribution in [3.8, 4) is 17.0 Å². The molecule has 1 heterocycles. The summed E-state index contributed by atoms with van der Waals surface area (Å²) in [5.41, 5.74) is 2.05. The second-order valence-corrected chi connectivity index (χ2v) is 3.96. The molecule has 2 nitrogen and oxygen atoms in total. The summed E-state index contributed by atoms with van der Waals surface area (Å²) >= 11 is 0. The molecule has 0 bridgehead atoms. The van der Waals surface area contributed by atoms with E-state index in [2.05, 4.69) is 11.1 Å². The summed E-state index contributed by atoms with van der Waals surface area (Å²) in [6.45, 7) is 0. The van der Waals surface area contributed by atoms with Gasteiger partial charge in [0.25, 0.3) is 0 Å². The average Bonchev–Trinajstić information content (AvgIpc) is 2.39. The number of aromatic nitrogens is 1. The number of rotatable bonds is 1. The molecule has 0 saturated carbocycles. The number of benzene rings is 2. The molecule has 82 valence electrons. The Bertz CT molecular complexity index is 662. The Hall–Kier alpha value is -2.35. The molecule has 0 saturated heterocycles. The fourth-order valence-electron chi connectivity index (χ4n) is 1.93. The largest absolute Gasteiger partial charge is 0.508 e. The van der Waals surface area contributed by atoms with E-state index in [1.807, 2.05) is 36.4 Å². The van der Waals surface area contributed by atoms with E-state index in [0.717, 1.165) is 22.0 Å². The summed E-state index contributed by atoms with van der Waals surface area (Å²) in [7, 11) is 0. The summed E-state index contributed by atoms with van der Waals surface area (Å²) in [5, 5.41) is 11.5. The molecule has 0 aliphatic carbocycles. The number of aromatic hydroxyl groups is 1. The van der Waals surface area contributed by atoms with Gasteiger partial charge in [0.05, 0.1) is 5.69 Å². The highest BCUT2D eigenvalue weighted by molar-refractivity contribution is 5.87. The van der Waals surface area contributed by atoms with Crippen LogP contribution in [0.15, 0.2) is 60.8 Å². The number of nitrogens with zero attached hydrogens (tertiary/aromatic N) is 1. The topological polar surface area (TPSA) is 33.1 Å². The number of pyridine rings is 1. The minimum Gasteiger partial charge on any atom is -0.508 e. The Balaban J connectivity index is 2.17. The molecule has 1 aromatic heterocycles. The van der Waals surface area contributed by atoms with Gasteiger partial charge in [0.1, 0.15) is 5.75 Å². The summed E-state index contributed by atoms with van der Waals surface area (Å²) < 4.78 is 0. The normalized spacial score (nSPS) is 10.6. The Labute approximate surface area is 99.2 Å². The van der Waals surface area contributed by atoms with Crippen molar-refractivity contribution in [3.05, 3.63) is 60.8 Å². The van der Waals surface area contributed by atoms with E-state index in [1.165, 1.54) is 0 Å². The SMILES string of the molecule is Oc1ccc2cc(-c3ccccn3)ccc2c1. The van der Waals surface area contributed by atoms with E-state index in [1.54, 1.807) is 18.3 Å². The van der Waals surface area contributed by atoms with Crippen molar-refractivity contribution in [1.82, 2.24) is 4.98 Å². The van der Waals surface area contributed by atoms with Gasteiger partial charge in [-0.2, -0.15) is 0 Å². The van der Waals surface area contributed by atoms with Crippen LogP contribution in [0.5, 0.6) is 5.75 Å². The van der Waals surface area contributed by atoms with Gasteiger partial charge in [-0.3, -0.25) is 4.98 Å². The van der Waals surface area contributed by atoms with Crippen molar-refractivity contribution >= 4 is 10.8 Å². The lowest BCUT2D eigenvalue weighted by molar-refractivity contribution is 0.476. The van der Waals surface area contributed by atoms with Gasteiger partial charge in [0.2, 0.25) is 0 Å². The van der Waals surface area contributed by atoms with E-state index >= 15 is 0 Å². The predicted molar refractivity (Wildman–Crippen MR) is 68.8 cm³/mol. The van der Waals surface area contributed by atoms with Crippen LogP contribution in [0, 0.1) is 0 Å². The van der Waals surface area contributed by atoms with Gasteiger partial charge in [-0.15, -0.1) is 0 Å². The molecule has 2 aromatic carbocycles. The third-order valence-corrected chi connectivity index (χ3v) is 2.78. The molecule has 0 aliphatic rings. The van der Waals surface area contributed by atoms with Crippen molar-refractivity contribution in [2.75, 3.05) is 0 Å². The predicted octanol–water partition coefficient (Wildman–Crippen LogP) is 3.61. The van der Waals surface area contributed by atoms with E-state index in [4.69, 9.17) is 0 Å². The van der Waals surface area contributed by atoms with E-state index in [-0.39, 0.29) is 0 Å². The summed E-state index contributed by atoms with van der Waals surface area (Å²) in [6.07, 6.45) is 1.79. The van der Waals surface area contributed by atoms with Crippen molar-refractivity contribution in [3.63, 3.8) is 0 Å². The monoisotopic (exact) mass is 221 g/mol. The number of hydrogen-bond acceptors (Lipinski definition) is 2. The smallest absolute Gasteiger partial charge is 0.116 e. The number of phenolic OH excluding ortho intramolecular Hbond substituents is 1. The zero-order valence-electron chi connectivity index (χ0n) is 9.17. The highest BCUT2D eigenvalue weighted by Gasteiger charge is 2.00. The van der Waals surface area contributed by atoms with Gasteiger partial charge in [-0.25, -0.2) is 0 Å². The second kappa shape index (κ2) is 3.91. The molecular weight excluding hydrogens is 210 g/mol. The lowest BCUT2D eigenvalue weighted by Gasteiger charge is -2.03. The highest BCUT2D eigenvalue weighted by Crippen LogP contribution is 2.25. The van der Waals surface area contributed by atoms with Gasteiger partial charge in [-0.1, -0.05) is 24.3 Å². The standard InChI is InChI=1S/C15H11NO/c17-14-7-6-11-9-13(5-4-12(11)10-14)15-3-1-2-8-16-15/h1-10,17H. The number of fused-ring (bicyclic) bond motifs is 1. The lowest BCUT2D eigenvalue weighted by atomic mass is 10.0. The second-order valence-electron chi connectivity index (χ2n) is 3.96. The van der Waals surface area contributed by atoms with Crippen molar-refractivity contribution < 1.29 is 5.11 Å². The van der Waals surface area contributed by atoms with Crippen molar-refractivity contribution in [1.29, 1.82) is 0 Å². The molecule has 0 fully saturated rings. The molecule has 0 radical (unpaired) electrons. The maximum atomic E-state index is 9.40. The minimum atomic E-state index is 0.295. The molecule has 2 heteroatoms.